The number of rotatable bonds is 7. The summed E-state index contributed by atoms with van der Waals surface area (Å²) in [6.07, 6.45) is 5.40. The molecule has 0 radical (unpaired) electrons. The van der Waals surface area contributed by atoms with Crippen LogP contribution in [0.15, 0.2) is 77.3 Å². The summed E-state index contributed by atoms with van der Waals surface area (Å²) < 4.78 is 2.02. The lowest BCUT2D eigenvalue weighted by molar-refractivity contribution is -0.116. The van der Waals surface area contributed by atoms with Gasteiger partial charge in [-0.05, 0) is 36.4 Å². The van der Waals surface area contributed by atoms with E-state index >= 15 is 0 Å². The number of fused-ring (bicyclic) bond motifs is 1. The largest absolute Gasteiger partial charge is 0.326 e. The third-order valence-corrected chi connectivity index (χ3v) is 5.99. The maximum absolute atomic E-state index is 12.1. The summed E-state index contributed by atoms with van der Waals surface area (Å²) in [5.74, 6) is 0.993. The van der Waals surface area contributed by atoms with Gasteiger partial charge in [0.1, 0.15) is 0 Å². The van der Waals surface area contributed by atoms with Crippen molar-refractivity contribution in [1.82, 2.24) is 9.38 Å². The fourth-order valence-electron chi connectivity index (χ4n) is 2.75. The number of hydrogen-bond acceptors (Lipinski definition) is 4. The van der Waals surface area contributed by atoms with Crippen LogP contribution in [0.25, 0.3) is 16.2 Å². The minimum atomic E-state index is 0.0546. The van der Waals surface area contributed by atoms with Crippen LogP contribution < -0.4 is 5.32 Å². The van der Waals surface area contributed by atoms with Crippen LogP contribution in [0.1, 0.15) is 12.8 Å². The molecular weight excluding hydrogens is 374 g/mol. The first-order valence-electron chi connectivity index (χ1n) is 8.78. The number of carbonyl (C=O) groups is 1. The first-order chi connectivity index (χ1) is 13.3. The van der Waals surface area contributed by atoms with Crippen LogP contribution in [-0.2, 0) is 4.79 Å². The average Bonchev–Trinajstić information content (AvgIpc) is 3.29. The van der Waals surface area contributed by atoms with Crippen molar-refractivity contribution in [2.45, 2.75) is 17.7 Å². The number of nitrogens with one attached hydrogen (secondary N) is 1. The fraction of sp³-hybridized carbons (Fsp3) is 0.143. The lowest BCUT2D eigenvalue weighted by atomic mass is 10.1. The van der Waals surface area contributed by atoms with Crippen molar-refractivity contribution in [3.05, 3.63) is 72.4 Å². The minimum Gasteiger partial charge on any atom is -0.326 e. The van der Waals surface area contributed by atoms with Crippen molar-refractivity contribution >= 4 is 39.7 Å². The normalized spacial score (nSPS) is 11.0. The molecule has 0 saturated carbocycles. The molecule has 0 aliphatic rings. The summed E-state index contributed by atoms with van der Waals surface area (Å²) in [4.78, 5) is 19.0. The molecule has 0 atom stereocenters. The second-order valence-electron chi connectivity index (χ2n) is 6.11. The molecule has 0 unspecified atom stereocenters. The highest BCUT2D eigenvalue weighted by Gasteiger charge is 2.07. The van der Waals surface area contributed by atoms with Gasteiger partial charge in [-0.15, -0.1) is 23.1 Å². The van der Waals surface area contributed by atoms with Gasteiger partial charge in [-0.25, -0.2) is 4.98 Å². The fourth-order valence-corrected chi connectivity index (χ4v) is 4.33. The van der Waals surface area contributed by atoms with Gasteiger partial charge in [0.15, 0.2) is 4.96 Å². The molecule has 0 spiro atoms. The number of amides is 1. The van der Waals surface area contributed by atoms with Crippen LogP contribution in [-0.4, -0.2) is 21.0 Å². The Hall–Kier alpha value is -2.57. The SMILES string of the molecule is O=C(CCCSc1ccccc1)Nc1ccc(-c2cn3ccsc3n2)cc1. The van der Waals surface area contributed by atoms with E-state index in [4.69, 9.17) is 0 Å². The predicted molar refractivity (Wildman–Crippen MR) is 114 cm³/mol. The van der Waals surface area contributed by atoms with Crippen molar-refractivity contribution in [3.8, 4) is 11.3 Å². The first-order valence-corrected chi connectivity index (χ1v) is 10.6. The zero-order valence-electron chi connectivity index (χ0n) is 14.7. The third kappa shape index (κ3) is 4.59. The standard InChI is InChI=1S/C21H19N3OS2/c25-20(7-4-13-26-18-5-2-1-3-6-18)22-17-10-8-16(9-11-17)19-15-24-12-14-27-21(24)23-19/h1-3,5-6,8-12,14-15H,4,7,13H2,(H,22,25). The van der Waals surface area contributed by atoms with E-state index in [0.717, 1.165) is 34.1 Å². The van der Waals surface area contributed by atoms with Crippen LogP contribution in [0.4, 0.5) is 5.69 Å². The van der Waals surface area contributed by atoms with E-state index in [1.54, 1.807) is 23.1 Å². The van der Waals surface area contributed by atoms with Crippen molar-refractivity contribution < 1.29 is 4.79 Å². The molecule has 2 aromatic carbocycles. The van der Waals surface area contributed by atoms with Crippen molar-refractivity contribution in [3.63, 3.8) is 0 Å². The number of benzene rings is 2. The van der Waals surface area contributed by atoms with Gasteiger partial charge < -0.3 is 5.32 Å². The molecule has 27 heavy (non-hydrogen) atoms. The molecule has 0 bridgehead atoms. The van der Waals surface area contributed by atoms with Gasteiger partial charge in [-0.2, -0.15) is 0 Å². The Bertz CT molecular complexity index is 994. The maximum atomic E-state index is 12.1. The van der Waals surface area contributed by atoms with Gasteiger partial charge in [0.25, 0.3) is 0 Å². The Balaban J connectivity index is 1.26. The molecule has 2 heterocycles. The number of imidazole rings is 1. The Morgan fingerprint density at radius 1 is 1.11 bits per heavy atom. The molecule has 0 saturated heterocycles. The van der Waals surface area contributed by atoms with Gasteiger partial charge in [-0.1, -0.05) is 30.3 Å². The Kier molecular flexibility index (Phi) is 5.55. The molecule has 4 nitrogen and oxygen atoms in total. The number of thiazole rings is 1. The van der Waals surface area contributed by atoms with Crippen LogP contribution in [0.3, 0.4) is 0 Å². The summed E-state index contributed by atoms with van der Waals surface area (Å²) >= 11 is 3.40. The predicted octanol–water partition coefficient (Wildman–Crippen LogP) is 5.57. The molecule has 2 aromatic heterocycles. The molecule has 136 valence electrons. The second-order valence-corrected chi connectivity index (χ2v) is 8.15. The van der Waals surface area contributed by atoms with E-state index in [9.17, 15) is 4.79 Å². The summed E-state index contributed by atoms with van der Waals surface area (Å²) in [5, 5.41) is 4.99. The zero-order chi connectivity index (χ0) is 18.5. The quantitative estimate of drug-likeness (QED) is 0.330. The Labute approximate surface area is 166 Å². The number of thioether (sulfide) groups is 1. The van der Waals surface area contributed by atoms with E-state index < -0.39 is 0 Å². The summed E-state index contributed by atoms with van der Waals surface area (Å²) in [6.45, 7) is 0. The van der Waals surface area contributed by atoms with Crippen LogP contribution >= 0.6 is 23.1 Å². The van der Waals surface area contributed by atoms with Crippen molar-refractivity contribution in [1.29, 1.82) is 0 Å². The van der Waals surface area contributed by atoms with Gasteiger partial charge >= 0.3 is 0 Å². The zero-order valence-corrected chi connectivity index (χ0v) is 16.3. The van der Waals surface area contributed by atoms with E-state index in [1.807, 2.05) is 64.6 Å². The number of carbonyl (C=O) groups excluding carboxylic acids is 1. The van der Waals surface area contributed by atoms with Crippen LogP contribution in [0.5, 0.6) is 0 Å². The minimum absolute atomic E-state index is 0.0546. The van der Waals surface area contributed by atoms with Gasteiger partial charge in [0, 0.05) is 40.3 Å². The van der Waals surface area contributed by atoms with Gasteiger partial charge in [0.2, 0.25) is 5.91 Å². The number of aromatic nitrogens is 2. The summed E-state index contributed by atoms with van der Waals surface area (Å²) in [6, 6.07) is 18.1. The van der Waals surface area contributed by atoms with E-state index in [1.165, 1.54) is 4.90 Å². The topological polar surface area (TPSA) is 46.4 Å². The highest BCUT2D eigenvalue weighted by Crippen LogP contribution is 2.23. The third-order valence-electron chi connectivity index (χ3n) is 4.12. The molecule has 1 amide bonds. The Morgan fingerprint density at radius 2 is 1.93 bits per heavy atom. The number of nitrogens with zero attached hydrogens (tertiary/aromatic N) is 2. The summed E-state index contributed by atoms with van der Waals surface area (Å²) in [5.41, 5.74) is 2.81. The molecule has 4 aromatic rings. The van der Waals surface area contributed by atoms with Crippen molar-refractivity contribution in [2.24, 2.45) is 0 Å². The van der Waals surface area contributed by atoms with E-state index in [2.05, 4.69) is 22.4 Å². The molecule has 0 fully saturated rings. The second kappa shape index (κ2) is 8.41. The summed E-state index contributed by atoms with van der Waals surface area (Å²) in [7, 11) is 0. The highest BCUT2D eigenvalue weighted by atomic mass is 32.2. The first kappa shape index (κ1) is 17.8. The van der Waals surface area contributed by atoms with Crippen molar-refractivity contribution in [2.75, 3.05) is 11.1 Å². The number of hydrogen-bond donors (Lipinski definition) is 1. The molecule has 6 heteroatoms. The number of anilines is 1. The molecule has 0 aliphatic heterocycles. The maximum Gasteiger partial charge on any atom is 0.224 e. The van der Waals surface area contributed by atoms with E-state index in [-0.39, 0.29) is 5.91 Å². The lowest BCUT2D eigenvalue weighted by Crippen LogP contribution is -2.11. The van der Waals surface area contributed by atoms with E-state index in [0.29, 0.717) is 6.42 Å². The highest BCUT2D eigenvalue weighted by molar-refractivity contribution is 7.99. The molecule has 4 rings (SSSR count). The lowest BCUT2D eigenvalue weighted by Gasteiger charge is -2.06. The Morgan fingerprint density at radius 3 is 2.70 bits per heavy atom. The van der Waals surface area contributed by atoms with Crippen LogP contribution in [0.2, 0.25) is 0 Å². The monoisotopic (exact) mass is 393 g/mol. The molecule has 0 aliphatic carbocycles. The van der Waals surface area contributed by atoms with Crippen LogP contribution in [0, 0.1) is 0 Å². The average molecular weight is 394 g/mol. The smallest absolute Gasteiger partial charge is 0.224 e. The molecular formula is C21H19N3OS2. The molecule has 1 N–H and O–H groups in total. The van der Waals surface area contributed by atoms with Gasteiger partial charge in [0.05, 0.1) is 5.69 Å². The van der Waals surface area contributed by atoms with Gasteiger partial charge in [-0.3, -0.25) is 9.20 Å².